The molecule has 35 heavy (non-hydrogen) atoms. The van der Waals surface area contributed by atoms with Gasteiger partial charge in [-0.15, -0.1) is 23.7 Å². The zero-order valence-electron chi connectivity index (χ0n) is 19.7. The molecular formula is C26H28ClN3O4S. The maximum absolute atomic E-state index is 13.3. The quantitative estimate of drug-likeness (QED) is 0.329. The number of thiazole rings is 1. The van der Waals surface area contributed by atoms with E-state index in [0.29, 0.717) is 28.3 Å². The van der Waals surface area contributed by atoms with Crippen molar-refractivity contribution in [3.05, 3.63) is 65.1 Å². The van der Waals surface area contributed by atoms with Crippen molar-refractivity contribution in [2.24, 2.45) is 0 Å². The third kappa shape index (κ3) is 5.29. The smallest absolute Gasteiger partial charge is 0.274 e. The van der Waals surface area contributed by atoms with Gasteiger partial charge in [0.15, 0.2) is 11.5 Å². The summed E-state index contributed by atoms with van der Waals surface area (Å²) in [6.07, 6.45) is 4.28. The van der Waals surface area contributed by atoms with Gasteiger partial charge in [0.25, 0.3) is 5.56 Å². The molecule has 2 aromatic carbocycles. The van der Waals surface area contributed by atoms with Crippen molar-refractivity contribution in [1.29, 1.82) is 0 Å². The van der Waals surface area contributed by atoms with E-state index in [4.69, 9.17) is 14.2 Å². The molecule has 9 heteroatoms. The van der Waals surface area contributed by atoms with E-state index in [0.717, 1.165) is 41.6 Å². The van der Waals surface area contributed by atoms with Crippen LogP contribution in [0.5, 0.6) is 17.2 Å². The second kappa shape index (κ2) is 11.1. The Hall–Kier alpha value is -3.07. The van der Waals surface area contributed by atoms with Crippen molar-refractivity contribution in [2.45, 2.75) is 12.8 Å². The first-order valence-electron chi connectivity index (χ1n) is 11.4. The van der Waals surface area contributed by atoms with Gasteiger partial charge in [0.1, 0.15) is 22.1 Å². The van der Waals surface area contributed by atoms with Crippen molar-refractivity contribution in [2.75, 3.05) is 40.5 Å². The van der Waals surface area contributed by atoms with Gasteiger partial charge in [-0.1, -0.05) is 0 Å². The molecule has 7 nitrogen and oxygen atoms in total. The first-order valence-corrected chi connectivity index (χ1v) is 12.2. The zero-order valence-corrected chi connectivity index (χ0v) is 21.4. The fraction of sp³-hybridized carbons (Fsp3) is 0.308. The number of benzene rings is 2. The van der Waals surface area contributed by atoms with Crippen LogP contribution in [0.1, 0.15) is 12.8 Å². The molecule has 184 valence electrons. The lowest BCUT2D eigenvalue weighted by molar-refractivity contribution is 0.230. The fourth-order valence-corrected chi connectivity index (χ4v) is 5.19. The number of hydrogen-bond acceptors (Lipinski definition) is 7. The zero-order chi connectivity index (χ0) is 23.5. The van der Waals surface area contributed by atoms with Crippen LogP contribution in [0, 0.1) is 0 Å². The van der Waals surface area contributed by atoms with Crippen molar-refractivity contribution in [1.82, 2.24) is 14.5 Å². The summed E-state index contributed by atoms with van der Waals surface area (Å²) in [6, 6.07) is 15.1. The monoisotopic (exact) mass is 513 g/mol. The van der Waals surface area contributed by atoms with Crippen LogP contribution in [-0.2, 0) is 0 Å². The van der Waals surface area contributed by atoms with Crippen molar-refractivity contribution in [3.63, 3.8) is 0 Å². The van der Waals surface area contributed by atoms with Gasteiger partial charge in [-0.25, -0.2) is 4.98 Å². The molecule has 3 heterocycles. The molecule has 0 amide bonds. The Balaban J connectivity index is 0.00000289. The molecule has 1 aliphatic heterocycles. The third-order valence-electron chi connectivity index (χ3n) is 6.07. The Kier molecular flexibility index (Phi) is 7.95. The number of fused-ring (bicyclic) bond motifs is 1. The molecule has 1 saturated heterocycles. The number of likely N-dealkylation sites (tertiary alicyclic amines) is 1. The number of nitrogens with zero attached hydrogens (tertiary/aromatic N) is 3. The standard InChI is InChI=1S/C26H27N3O4S.ClH/c1-31-20-8-5-18(6-9-20)25-27-21-11-14-29(26(30)24(21)34-25)19-7-10-22(23(17-19)32-2)33-16-15-28-12-3-4-13-28;/h5-11,14,17H,3-4,12-13,15-16H2,1-2H3;1H. The van der Waals surface area contributed by atoms with Gasteiger partial charge < -0.3 is 14.2 Å². The van der Waals surface area contributed by atoms with Crippen molar-refractivity contribution in [3.8, 4) is 33.5 Å². The van der Waals surface area contributed by atoms with Crippen molar-refractivity contribution >= 4 is 34.0 Å². The second-order valence-electron chi connectivity index (χ2n) is 8.19. The van der Waals surface area contributed by atoms with Crippen LogP contribution in [0.2, 0.25) is 0 Å². The normalized spacial score (nSPS) is 13.5. The second-order valence-corrected chi connectivity index (χ2v) is 9.18. The van der Waals surface area contributed by atoms with Crippen molar-refractivity contribution < 1.29 is 14.2 Å². The molecule has 0 spiro atoms. The number of aromatic nitrogens is 2. The number of methoxy groups -OCH3 is 2. The van der Waals surface area contributed by atoms with E-state index >= 15 is 0 Å². The van der Waals surface area contributed by atoms with Gasteiger partial charge in [0.2, 0.25) is 0 Å². The van der Waals surface area contributed by atoms with Gasteiger partial charge in [-0.2, -0.15) is 0 Å². The maximum atomic E-state index is 13.3. The molecule has 0 N–H and O–H groups in total. The average Bonchev–Trinajstić information content (AvgIpc) is 3.55. The first kappa shape index (κ1) is 25.0. The molecule has 0 atom stereocenters. The molecule has 0 saturated carbocycles. The highest BCUT2D eigenvalue weighted by Crippen LogP contribution is 2.32. The predicted octanol–water partition coefficient (Wildman–Crippen LogP) is 5.03. The number of pyridine rings is 1. The van der Waals surface area contributed by atoms with Crippen LogP contribution < -0.4 is 19.8 Å². The Labute approximate surface area is 214 Å². The molecule has 0 bridgehead atoms. The molecule has 1 fully saturated rings. The summed E-state index contributed by atoms with van der Waals surface area (Å²) in [4.78, 5) is 20.4. The van der Waals surface area contributed by atoms with Crippen LogP contribution in [0.4, 0.5) is 0 Å². The van der Waals surface area contributed by atoms with Crippen LogP contribution in [0.25, 0.3) is 26.5 Å². The van der Waals surface area contributed by atoms with Gasteiger partial charge in [-0.3, -0.25) is 14.3 Å². The van der Waals surface area contributed by atoms with E-state index < -0.39 is 0 Å². The van der Waals surface area contributed by atoms with Gasteiger partial charge in [0.05, 0.1) is 25.4 Å². The Morgan fingerprint density at radius 2 is 1.74 bits per heavy atom. The lowest BCUT2D eigenvalue weighted by Gasteiger charge is -2.17. The molecule has 1 aliphatic rings. The maximum Gasteiger partial charge on any atom is 0.274 e. The Bertz CT molecular complexity index is 1350. The summed E-state index contributed by atoms with van der Waals surface area (Å²) in [5.41, 5.74) is 2.24. The molecule has 4 aromatic rings. The van der Waals surface area contributed by atoms with Crippen LogP contribution in [-0.4, -0.2) is 54.9 Å². The molecule has 5 rings (SSSR count). The van der Waals surface area contributed by atoms with E-state index in [2.05, 4.69) is 9.88 Å². The summed E-state index contributed by atoms with van der Waals surface area (Å²) in [5, 5.41) is 0.798. The lowest BCUT2D eigenvalue weighted by Crippen LogP contribution is -2.25. The minimum absolute atomic E-state index is 0. The van der Waals surface area contributed by atoms with E-state index in [1.807, 2.05) is 48.5 Å². The van der Waals surface area contributed by atoms with Crippen LogP contribution in [0.3, 0.4) is 0 Å². The molecular weight excluding hydrogens is 486 g/mol. The predicted molar refractivity (Wildman–Crippen MR) is 142 cm³/mol. The van der Waals surface area contributed by atoms with E-state index in [-0.39, 0.29) is 18.0 Å². The Morgan fingerprint density at radius 1 is 0.971 bits per heavy atom. The first-order chi connectivity index (χ1) is 16.7. The van der Waals surface area contributed by atoms with Crippen LogP contribution in [0.15, 0.2) is 59.5 Å². The summed E-state index contributed by atoms with van der Waals surface area (Å²) in [5.74, 6) is 2.07. The Morgan fingerprint density at radius 3 is 2.46 bits per heavy atom. The topological polar surface area (TPSA) is 65.8 Å². The van der Waals surface area contributed by atoms with E-state index in [1.54, 1.807) is 25.0 Å². The number of halogens is 1. The fourth-order valence-electron chi connectivity index (χ4n) is 4.20. The van der Waals surface area contributed by atoms with Gasteiger partial charge in [0, 0.05) is 24.4 Å². The molecule has 2 aromatic heterocycles. The highest BCUT2D eigenvalue weighted by molar-refractivity contribution is 7.21. The van der Waals surface area contributed by atoms with E-state index in [9.17, 15) is 4.79 Å². The minimum Gasteiger partial charge on any atom is -0.497 e. The van der Waals surface area contributed by atoms with E-state index in [1.165, 1.54) is 24.2 Å². The van der Waals surface area contributed by atoms with Gasteiger partial charge >= 0.3 is 0 Å². The third-order valence-corrected chi connectivity index (χ3v) is 7.18. The summed E-state index contributed by atoms with van der Waals surface area (Å²) < 4.78 is 19.0. The van der Waals surface area contributed by atoms with Gasteiger partial charge in [-0.05, 0) is 68.4 Å². The summed E-state index contributed by atoms with van der Waals surface area (Å²) >= 11 is 1.39. The largest absolute Gasteiger partial charge is 0.497 e. The molecule has 0 aliphatic carbocycles. The lowest BCUT2D eigenvalue weighted by atomic mass is 10.2. The SMILES string of the molecule is COc1ccc(-c2nc3ccn(-c4ccc(OCCN5CCCC5)c(OC)c4)c(=O)c3s2)cc1.Cl. The highest BCUT2D eigenvalue weighted by atomic mass is 35.5. The minimum atomic E-state index is -0.112. The average molecular weight is 514 g/mol. The van der Waals surface area contributed by atoms with Crippen LogP contribution >= 0.6 is 23.7 Å². The molecule has 0 unspecified atom stereocenters. The summed E-state index contributed by atoms with van der Waals surface area (Å²) in [7, 11) is 3.25. The molecule has 0 radical (unpaired) electrons. The summed E-state index contributed by atoms with van der Waals surface area (Å²) in [6.45, 7) is 3.80. The number of rotatable bonds is 8. The highest BCUT2D eigenvalue weighted by Gasteiger charge is 2.15. The number of ether oxygens (including phenoxy) is 3. The number of hydrogen-bond donors (Lipinski definition) is 0.